The van der Waals surface area contributed by atoms with Crippen LogP contribution in [0.15, 0.2) is 70.6 Å². The van der Waals surface area contributed by atoms with Crippen molar-refractivity contribution in [3.8, 4) is 16.9 Å². The number of aryl methyl sites for hydroxylation is 3. The Hall–Kier alpha value is -3.85. The highest BCUT2D eigenvalue weighted by atomic mass is 32.2. The average Bonchev–Trinajstić information content (AvgIpc) is 3.23. The number of carbonyl (C=O) groups is 1. The van der Waals surface area contributed by atoms with Gasteiger partial charge in [-0.2, -0.15) is 5.10 Å². The van der Waals surface area contributed by atoms with Gasteiger partial charge in [-0.25, -0.2) is 8.42 Å². The van der Waals surface area contributed by atoms with Crippen LogP contribution in [-0.2, 0) is 23.3 Å². The fraction of sp³-hybridized carbons (Fsp3) is 0.231. The lowest BCUT2D eigenvalue weighted by Crippen LogP contribution is -2.28. The first-order chi connectivity index (χ1) is 16.6. The summed E-state index contributed by atoms with van der Waals surface area (Å²) in [4.78, 5) is 31.1. The van der Waals surface area contributed by atoms with Crippen LogP contribution in [0.3, 0.4) is 0 Å². The smallest absolute Gasteiger partial charge is 0.266 e. The zero-order valence-electron chi connectivity index (χ0n) is 20.0. The fourth-order valence-electron chi connectivity index (χ4n) is 4.03. The Morgan fingerprint density at radius 1 is 1.06 bits per heavy atom. The largest absolute Gasteiger partial charge is 0.294 e. The minimum absolute atomic E-state index is 0.0577. The van der Waals surface area contributed by atoms with Crippen molar-refractivity contribution in [2.45, 2.75) is 31.6 Å². The summed E-state index contributed by atoms with van der Waals surface area (Å²) in [7, 11) is -1.54. The first-order valence-corrected chi connectivity index (χ1v) is 13.0. The number of benzene rings is 1. The molecular weight excluding hydrogens is 464 g/mol. The number of carbonyl (C=O) groups excluding carboxylic acids is 1. The van der Waals surface area contributed by atoms with Crippen LogP contribution in [0.25, 0.3) is 16.9 Å². The Balaban J connectivity index is 1.75. The Bertz CT molecular complexity index is 1580. The highest BCUT2D eigenvalue weighted by Gasteiger charge is 2.21. The summed E-state index contributed by atoms with van der Waals surface area (Å²) < 4.78 is 26.6. The summed E-state index contributed by atoms with van der Waals surface area (Å²) in [5.74, 6) is -0.311. The zero-order chi connectivity index (χ0) is 25.3. The summed E-state index contributed by atoms with van der Waals surface area (Å²) in [6, 6.07) is 14.1. The number of ketones is 1. The quantitative estimate of drug-likeness (QED) is 0.368. The number of nitrogens with zero attached hydrogens (tertiary/aromatic N) is 4. The van der Waals surface area contributed by atoms with Crippen LogP contribution in [0.1, 0.15) is 33.7 Å². The lowest BCUT2D eigenvalue weighted by molar-refractivity contribution is 0.0980. The number of Topliss-reactive ketones (excluding diaryl/α,β-unsaturated/α-hetero) is 1. The van der Waals surface area contributed by atoms with Crippen molar-refractivity contribution in [1.29, 1.82) is 0 Å². The molecule has 0 unspecified atom stereocenters. The molecule has 0 N–H and O–H groups in total. The first kappa shape index (κ1) is 24.3. The molecule has 0 aliphatic heterocycles. The van der Waals surface area contributed by atoms with Gasteiger partial charge in [0.1, 0.15) is 0 Å². The van der Waals surface area contributed by atoms with Gasteiger partial charge >= 0.3 is 0 Å². The van der Waals surface area contributed by atoms with E-state index in [1.807, 2.05) is 51.2 Å². The molecule has 0 spiro atoms. The highest BCUT2D eigenvalue weighted by Crippen LogP contribution is 2.25. The maximum Gasteiger partial charge on any atom is 0.266 e. The van der Waals surface area contributed by atoms with Crippen molar-refractivity contribution in [1.82, 2.24) is 19.3 Å². The summed E-state index contributed by atoms with van der Waals surface area (Å²) in [5.41, 5.74) is 4.19. The average molecular weight is 491 g/mol. The van der Waals surface area contributed by atoms with Gasteiger partial charge in [0.05, 0.1) is 16.2 Å². The molecule has 180 valence electrons. The number of pyridine rings is 2. The molecule has 35 heavy (non-hydrogen) atoms. The highest BCUT2D eigenvalue weighted by molar-refractivity contribution is 7.90. The molecule has 0 bridgehead atoms. The van der Waals surface area contributed by atoms with Gasteiger partial charge in [0.25, 0.3) is 5.56 Å². The van der Waals surface area contributed by atoms with E-state index in [-0.39, 0.29) is 34.6 Å². The van der Waals surface area contributed by atoms with Gasteiger partial charge in [-0.3, -0.25) is 23.8 Å². The number of aromatic nitrogens is 4. The summed E-state index contributed by atoms with van der Waals surface area (Å²) in [6.07, 6.45) is 4.41. The monoisotopic (exact) mass is 490 g/mol. The Labute approximate surface area is 203 Å². The predicted molar refractivity (Wildman–Crippen MR) is 134 cm³/mol. The Kier molecular flexibility index (Phi) is 6.53. The topological polar surface area (TPSA) is 104 Å². The minimum Gasteiger partial charge on any atom is -0.294 e. The SMILES string of the molecule is Cc1cccc(-n2c(C)c(-c3ccnn3C)cc(C(=O)CCc3ccc(S(C)(=O)=O)cn3)c2=O)c1. The molecule has 0 saturated heterocycles. The molecular formula is C26H26N4O4S. The van der Waals surface area contributed by atoms with E-state index in [2.05, 4.69) is 10.1 Å². The van der Waals surface area contributed by atoms with Crippen LogP contribution >= 0.6 is 0 Å². The molecule has 9 heteroatoms. The second-order valence-corrected chi connectivity index (χ2v) is 10.6. The molecule has 1 aromatic carbocycles. The van der Waals surface area contributed by atoms with Gasteiger partial charge in [0, 0.05) is 54.8 Å². The van der Waals surface area contributed by atoms with Gasteiger partial charge in [0.15, 0.2) is 15.6 Å². The summed E-state index contributed by atoms with van der Waals surface area (Å²) >= 11 is 0. The van der Waals surface area contributed by atoms with Gasteiger partial charge < -0.3 is 0 Å². The van der Waals surface area contributed by atoms with Crippen molar-refractivity contribution >= 4 is 15.6 Å². The number of hydrogen-bond donors (Lipinski definition) is 0. The number of rotatable bonds is 7. The van der Waals surface area contributed by atoms with Crippen LogP contribution in [-0.4, -0.2) is 39.8 Å². The molecule has 3 aromatic heterocycles. The van der Waals surface area contributed by atoms with E-state index in [1.165, 1.54) is 12.3 Å². The van der Waals surface area contributed by atoms with E-state index in [1.54, 1.807) is 27.6 Å². The molecule has 8 nitrogen and oxygen atoms in total. The second-order valence-electron chi connectivity index (χ2n) is 8.56. The van der Waals surface area contributed by atoms with Gasteiger partial charge in [0.2, 0.25) is 0 Å². The van der Waals surface area contributed by atoms with Crippen LogP contribution in [0.2, 0.25) is 0 Å². The van der Waals surface area contributed by atoms with Crippen molar-refractivity contribution in [2.24, 2.45) is 7.05 Å². The fourth-order valence-corrected chi connectivity index (χ4v) is 4.59. The number of hydrogen-bond acceptors (Lipinski definition) is 6. The standard InChI is InChI=1S/C26H26N4O4S/c1-17-6-5-7-20(14-17)30-18(2)22(24-12-13-28-29(24)3)15-23(26(30)32)25(31)11-9-19-8-10-21(16-27-19)35(4,33)34/h5-8,10,12-16H,9,11H2,1-4H3. The molecule has 0 fully saturated rings. The van der Waals surface area contributed by atoms with E-state index in [0.717, 1.165) is 23.1 Å². The summed E-state index contributed by atoms with van der Waals surface area (Å²) in [6.45, 7) is 3.80. The van der Waals surface area contributed by atoms with Crippen LogP contribution in [0.4, 0.5) is 0 Å². The van der Waals surface area contributed by atoms with Gasteiger partial charge in [-0.15, -0.1) is 0 Å². The molecule has 3 heterocycles. The third kappa shape index (κ3) is 5.00. The van der Waals surface area contributed by atoms with E-state index < -0.39 is 9.84 Å². The normalized spacial score (nSPS) is 11.5. The van der Waals surface area contributed by atoms with Crippen molar-refractivity contribution in [3.05, 3.63) is 93.8 Å². The molecule has 0 radical (unpaired) electrons. The maximum absolute atomic E-state index is 13.6. The van der Waals surface area contributed by atoms with E-state index in [9.17, 15) is 18.0 Å². The molecule has 4 rings (SSSR count). The lowest BCUT2D eigenvalue weighted by atomic mass is 10.0. The van der Waals surface area contributed by atoms with Crippen molar-refractivity contribution < 1.29 is 13.2 Å². The molecule has 0 amide bonds. The third-order valence-corrected chi connectivity index (χ3v) is 7.04. The van der Waals surface area contributed by atoms with E-state index in [4.69, 9.17) is 0 Å². The zero-order valence-corrected chi connectivity index (χ0v) is 20.8. The van der Waals surface area contributed by atoms with Crippen LogP contribution in [0, 0.1) is 13.8 Å². The molecule has 4 aromatic rings. The van der Waals surface area contributed by atoms with Crippen LogP contribution in [0.5, 0.6) is 0 Å². The molecule has 0 aliphatic carbocycles. The van der Waals surface area contributed by atoms with E-state index in [0.29, 0.717) is 17.1 Å². The van der Waals surface area contributed by atoms with Crippen molar-refractivity contribution in [3.63, 3.8) is 0 Å². The number of sulfone groups is 1. The molecule has 0 aliphatic rings. The molecule has 0 saturated carbocycles. The predicted octanol–water partition coefficient (Wildman–Crippen LogP) is 3.47. The lowest BCUT2D eigenvalue weighted by Gasteiger charge is -2.17. The first-order valence-electron chi connectivity index (χ1n) is 11.1. The second kappa shape index (κ2) is 9.42. The Morgan fingerprint density at radius 3 is 2.43 bits per heavy atom. The Morgan fingerprint density at radius 2 is 1.83 bits per heavy atom. The maximum atomic E-state index is 13.6. The van der Waals surface area contributed by atoms with Crippen molar-refractivity contribution in [2.75, 3.05) is 6.26 Å². The van der Waals surface area contributed by atoms with Gasteiger partial charge in [-0.1, -0.05) is 12.1 Å². The minimum atomic E-state index is -3.35. The summed E-state index contributed by atoms with van der Waals surface area (Å²) in [5, 5.41) is 4.24. The van der Waals surface area contributed by atoms with Crippen LogP contribution < -0.4 is 5.56 Å². The molecule has 0 atom stereocenters. The third-order valence-electron chi connectivity index (χ3n) is 5.94. The van der Waals surface area contributed by atoms with Gasteiger partial charge in [-0.05, 0) is 62.2 Å². The van der Waals surface area contributed by atoms with E-state index >= 15 is 0 Å².